The number of fused-ring (bicyclic) bond motifs is 2. The Hall–Kier alpha value is -2.99. The minimum Gasteiger partial charge on any atom is -0.508 e. The maximum atomic E-state index is 13.1. The highest BCUT2D eigenvalue weighted by Crippen LogP contribution is 2.48. The van der Waals surface area contributed by atoms with E-state index in [0.717, 1.165) is 5.57 Å². The van der Waals surface area contributed by atoms with Crippen molar-refractivity contribution in [3.05, 3.63) is 59.2 Å². The van der Waals surface area contributed by atoms with E-state index in [4.69, 9.17) is 14.2 Å². The molecule has 2 aliphatic rings. The quantitative estimate of drug-likeness (QED) is 0.809. The van der Waals surface area contributed by atoms with Crippen LogP contribution in [0.4, 0.5) is 0 Å². The molecule has 2 heterocycles. The predicted molar refractivity (Wildman–Crippen MR) is 97.6 cm³/mol. The molecule has 2 N–H and O–H groups in total. The van der Waals surface area contributed by atoms with E-state index in [1.807, 2.05) is 6.92 Å². The molecule has 6 heteroatoms. The molecule has 2 aliphatic heterocycles. The van der Waals surface area contributed by atoms with Crippen molar-refractivity contribution in [2.24, 2.45) is 0 Å². The molecule has 0 spiro atoms. The summed E-state index contributed by atoms with van der Waals surface area (Å²) in [6.45, 7) is 5.76. The lowest BCUT2D eigenvalue weighted by atomic mass is 9.90. The Bertz CT molecular complexity index is 931. The number of Topliss-reactive ketones (excluding diaryl/α,β-unsaturated/α-hetero) is 1. The van der Waals surface area contributed by atoms with E-state index in [1.165, 1.54) is 19.2 Å². The van der Waals surface area contributed by atoms with E-state index in [2.05, 4.69) is 6.58 Å². The predicted octanol–water partition coefficient (Wildman–Crippen LogP) is 3.31. The molecule has 0 radical (unpaired) electrons. The average Bonchev–Trinajstić information content (AvgIpc) is 3.07. The summed E-state index contributed by atoms with van der Waals surface area (Å²) in [4.78, 5) is 13.1. The molecule has 0 saturated carbocycles. The summed E-state index contributed by atoms with van der Waals surface area (Å²) >= 11 is 0. The van der Waals surface area contributed by atoms with Crippen LogP contribution in [0.25, 0.3) is 0 Å². The van der Waals surface area contributed by atoms with Crippen molar-refractivity contribution >= 4 is 5.78 Å². The number of benzene rings is 2. The van der Waals surface area contributed by atoms with Crippen molar-refractivity contribution in [3.8, 4) is 23.0 Å². The first-order valence-electron chi connectivity index (χ1n) is 8.64. The average molecular weight is 368 g/mol. The Kier molecular flexibility index (Phi) is 4.08. The van der Waals surface area contributed by atoms with Crippen molar-refractivity contribution < 1.29 is 29.2 Å². The summed E-state index contributed by atoms with van der Waals surface area (Å²) < 4.78 is 17.3. The van der Waals surface area contributed by atoms with Gasteiger partial charge >= 0.3 is 0 Å². The van der Waals surface area contributed by atoms with E-state index >= 15 is 0 Å². The lowest BCUT2D eigenvalue weighted by Crippen LogP contribution is -2.37. The first kappa shape index (κ1) is 17.4. The highest BCUT2D eigenvalue weighted by molar-refractivity contribution is 6.06. The number of hydrogen-bond donors (Lipinski definition) is 2. The van der Waals surface area contributed by atoms with Gasteiger partial charge < -0.3 is 24.4 Å². The fourth-order valence-corrected chi connectivity index (χ4v) is 3.57. The van der Waals surface area contributed by atoms with E-state index < -0.39 is 12.2 Å². The molecule has 2 aromatic rings. The van der Waals surface area contributed by atoms with Crippen LogP contribution in [0.15, 0.2) is 42.5 Å². The third kappa shape index (κ3) is 2.73. The summed E-state index contributed by atoms with van der Waals surface area (Å²) in [6, 6.07) is 8.03. The summed E-state index contributed by atoms with van der Waals surface area (Å²) in [7, 11) is 1.43. The first-order valence-corrected chi connectivity index (χ1v) is 8.64. The minimum absolute atomic E-state index is 0.113. The Morgan fingerprint density at radius 1 is 1.19 bits per heavy atom. The second kappa shape index (κ2) is 6.32. The zero-order valence-electron chi connectivity index (χ0n) is 15.1. The Balaban J connectivity index is 1.79. The smallest absolute Gasteiger partial charge is 0.203 e. The molecule has 3 atom stereocenters. The van der Waals surface area contributed by atoms with Gasteiger partial charge in [0.2, 0.25) is 5.78 Å². The van der Waals surface area contributed by atoms with Gasteiger partial charge in [-0.3, -0.25) is 4.79 Å². The number of ketones is 1. The van der Waals surface area contributed by atoms with Crippen molar-refractivity contribution in [2.75, 3.05) is 7.11 Å². The number of methoxy groups -OCH3 is 1. The van der Waals surface area contributed by atoms with Crippen molar-refractivity contribution in [1.29, 1.82) is 0 Å². The zero-order chi connectivity index (χ0) is 19.3. The van der Waals surface area contributed by atoms with Crippen LogP contribution in [0.5, 0.6) is 23.0 Å². The van der Waals surface area contributed by atoms with Gasteiger partial charge in [-0.2, -0.15) is 0 Å². The van der Waals surface area contributed by atoms with Gasteiger partial charge in [-0.1, -0.05) is 18.7 Å². The first-order chi connectivity index (χ1) is 12.9. The lowest BCUT2D eigenvalue weighted by molar-refractivity contribution is -0.00109. The largest absolute Gasteiger partial charge is 0.508 e. The van der Waals surface area contributed by atoms with E-state index in [0.29, 0.717) is 23.3 Å². The van der Waals surface area contributed by atoms with Gasteiger partial charge in [-0.05, 0) is 30.2 Å². The third-order valence-electron chi connectivity index (χ3n) is 5.05. The maximum Gasteiger partial charge on any atom is 0.203 e. The third-order valence-corrected chi connectivity index (χ3v) is 5.05. The second-order valence-corrected chi connectivity index (χ2v) is 6.88. The molecule has 4 rings (SSSR count). The van der Waals surface area contributed by atoms with Crippen molar-refractivity contribution in [1.82, 2.24) is 0 Å². The summed E-state index contributed by atoms with van der Waals surface area (Å²) in [5.41, 5.74) is 2.21. The van der Waals surface area contributed by atoms with Gasteiger partial charge in [-0.25, -0.2) is 0 Å². The number of carbonyl (C=O) groups excluding carboxylic acids is 1. The van der Waals surface area contributed by atoms with Crippen LogP contribution in [-0.2, 0) is 11.2 Å². The van der Waals surface area contributed by atoms with Crippen LogP contribution in [0, 0.1) is 0 Å². The Morgan fingerprint density at radius 2 is 1.89 bits per heavy atom. The fraction of sp³-hybridized carbons (Fsp3) is 0.286. The zero-order valence-corrected chi connectivity index (χ0v) is 15.1. The summed E-state index contributed by atoms with van der Waals surface area (Å²) in [5, 5.41) is 20.2. The normalized spacial score (nSPS) is 23.2. The number of rotatable bonds is 3. The molecule has 140 valence electrons. The number of hydrogen-bond acceptors (Lipinski definition) is 6. The van der Waals surface area contributed by atoms with Gasteiger partial charge in [0.25, 0.3) is 0 Å². The second-order valence-electron chi connectivity index (χ2n) is 6.88. The van der Waals surface area contributed by atoms with Crippen molar-refractivity contribution in [3.63, 3.8) is 0 Å². The number of phenolic OH excluding ortho intramolecular Hbond substituents is 2. The highest BCUT2D eigenvalue weighted by atomic mass is 16.5. The fourth-order valence-electron chi connectivity index (χ4n) is 3.57. The van der Waals surface area contributed by atoms with Crippen LogP contribution < -0.4 is 9.47 Å². The molecular weight excluding hydrogens is 348 g/mol. The van der Waals surface area contributed by atoms with E-state index in [-0.39, 0.29) is 34.7 Å². The number of aromatic hydroxyl groups is 2. The molecule has 0 bridgehead atoms. The molecule has 0 amide bonds. The van der Waals surface area contributed by atoms with Gasteiger partial charge in [0.1, 0.15) is 34.7 Å². The molecule has 6 nitrogen and oxygen atoms in total. The summed E-state index contributed by atoms with van der Waals surface area (Å²) in [5.74, 6) is 0.390. The molecule has 0 fully saturated rings. The van der Waals surface area contributed by atoms with Gasteiger partial charge in [0, 0.05) is 25.2 Å². The van der Waals surface area contributed by atoms with E-state index in [9.17, 15) is 15.0 Å². The highest BCUT2D eigenvalue weighted by Gasteiger charge is 2.42. The minimum atomic E-state index is -0.912. The lowest BCUT2D eigenvalue weighted by Gasteiger charge is -2.32. The molecule has 0 aromatic heterocycles. The van der Waals surface area contributed by atoms with Crippen LogP contribution >= 0.6 is 0 Å². The SMILES string of the molecule is C=C(C)C1Cc2c(cc3c(c2O)C(=O)C(OC)C(c2ccc(O)cc2)O3)O1. The standard InChI is InChI=1S/C21H20O6/c1-10(2)14-8-13-15(26-14)9-16-17(18(13)23)19(24)21(25-3)20(27-16)11-4-6-12(22)7-5-11/h4-7,9,14,20-23H,1,8H2,2-3H3. The van der Waals surface area contributed by atoms with E-state index in [1.54, 1.807) is 18.2 Å². The Labute approximate surface area is 156 Å². The number of carbonyl (C=O) groups is 1. The van der Waals surface area contributed by atoms with Crippen LogP contribution in [0.3, 0.4) is 0 Å². The summed E-state index contributed by atoms with van der Waals surface area (Å²) in [6.07, 6.45) is -1.40. The number of ether oxygens (including phenoxy) is 3. The van der Waals surface area contributed by atoms with Gasteiger partial charge in [0.05, 0.1) is 0 Å². The molecule has 2 aromatic carbocycles. The van der Waals surface area contributed by atoms with Crippen LogP contribution in [0.2, 0.25) is 0 Å². The van der Waals surface area contributed by atoms with Crippen LogP contribution in [-0.4, -0.2) is 35.3 Å². The molecule has 0 aliphatic carbocycles. The van der Waals surface area contributed by atoms with Crippen molar-refractivity contribution in [2.45, 2.75) is 31.7 Å². The Morgan fingerprint density at radius 3 is 2.52 bits per heavy atom. The monoisotopic (exact) mass is 368 g/mol. The maximum absolute atomic E-state index is 13.1. The molecule has 0 saturated heterocycles. The molecule has 27 heavy (non-hydrogen) atoms. The van der Waals surface area contributed by atoms with Crippen LogP contribution in [0.1, 0.15) is 34.5 Å². The topological polar surface area (TPSA) is 85.2 Å². The molecule has 3 unspecified atom stereocenters. The number of phenols is 2. The van der Waals surface area contributed by atoms with Gasteiger partial charge in [0.15, 0.2) is 12.2 Å². The van der Waals surface area contributed by atoms with Gasteiger partial charge in [-0.15, -0.1) is 0 Å². The molecular formula is C21H20O6.